The molecule has 0 aromatic carbocycles. The Morgan fingerprint density at radius 3 is 2.89 bits per heavy atom. The van der Waals surface area contributed by atoms with E-state index in [-0.39, 0.29) is 5.84 Å². The van der Waals surface area contributed by atoms with Gasteiger partial charge in [-0.25, -0.2) is 0 Å². The van der Waals surface area contributed by atoms with E-state index < -0.39 is 5.60 Å². The van der Waals surface area contributed by atoms with Gasteiger partial charge in [-0.05, 0) is 31.9 Å². The van der Waals surface area contributed by atoms with Gasteiger partial charge in [-0.15, -0.1) is 0 Å². The third-order valence-electron chi connectivity index (χ3n) is 3.16. The van der Waals surface area contributed by atoms with Gasteiger partial charge in [0, 0.05) is 13.1 Å². The lowest BCUT2D eigenvalue weighted by Crippen LogP contribution is -2.46. The normalized spacial score (nSPS) is 25.2. The van der Waals surface area contributed by atoms with Gasteiger partial charge in [0.05, 0.1) is 17.5 Å². The van der Waals surface area contributed by atoms with Crippen molar-refractivity contribution in [2.45, 2.75) is 25.4 Å². The smallest absolute Gasteiger partial charge is 0.188 e. The fourth-order valence-electron chi connectivity index (χ4n) is 2.22. The molecule has 0 saturated carbocycles. The first-order valence-electron chi connectivity index (χ1n) is 5.93. The number of nitrogens with two attached hydrogens (primary N) is 1. The Morgan fingerprint density at radius 2 is 2.33 bits per heavy atom. The fraction of sp³-hybridized carbons (Fsp3) is 0.500. The molecule has 1 saturated heterocycles. The molecule has 18 heavy (non-hydrogen) atoms. The summed E-state index contributed by atoms with van der Waals surface area (Å²) < 4.78 is 0. The van der Waals surface area contributed by atoms with Gasteiger partial charge in [-0.2, -0.15) is 0 Å². The molecule has 2 rings (SSSR count). The molecule has 1 aliphatic rings. The SMILES string of the molecule is CC1(O)CCCN(c2ccc(/C(N)=N/O)nc2)C1. The molecule has 1 atom stereocenters. The third kappa shape index (κ3) is 2.70. The van der Waals surface area contributed by atoms with Crippen molar-refractivity contribution in [3.63, 3.8) is 0 Å². The standard InChI is InChI=1S/C12H18N4O2/c1-12(17)5-2-6-16(8-12)9-3-4-10(14-7-9)11(13)15-18/h3-4,7,17-18H,2,5-6,8H2,1H3,(H2,13,15). The molecule has 2 heterocycles. The van der Waals surface area contributed by atoms with Gasteiger partial charge in [-0.3, -0.25) is 4.98 Å². The number of aliphatic hydroxyl groups is 1. The third-order valence-corrected chi connectivity index (χ3v) is 3.16. The first kappa shape index (κ1) is 12.6. The summed E-state index contributed by atoms with van der Waals surface area (Å²) in [6.45, 7) is 3.34. The van der Waals surface area contributed by atoms with Crippen LogP contribution in [0.4, 0.5) is 5.69 Å². The number of amidine groups is 1. The Morgan fingerprint density at radius 1 is 1.56 bits per heavy atom. The molecular formula is C12H18N4O2. The van der Waals surface area contributed by atoms with Crippen molar-refractivity contribution < 1.29 is 10.3 Å². The highest BCUT2D eigenvalue weighted by Gasteiger charge is 2.28. The molecule has 0 aliphatic carbocycles. The molecule has 1 aliphatic heterocycles. The lowest BCUT2D eigenvalue weighted by molar-refractivity contribution is 0.0449. The van der Waals surface area contributed by atoms with Crippen LogP contribution in [0.2, 0.25) is 0 Å². The lowest BCUT2D eigenvalue weighted by Gasteiger charge is -2.38. The maximum Gasteiger partial charge on any atom is 0.188 e. The summed E-state index contributed by atoms with van der Waals surface area (Å²) in [4.78, 5) is 6.22. The summed E-state index contributed by atoms with van der Waals surface area (Å²) in [6.07, 6.45) is 3.45. The van der Waals surface area contributed by atoms with Gasteiger partial charge in [0.15, 0.2) is 5.84 Å². The Hall–Kier alpha value is -1.82. The van der Waals surface area contributed by atoms with Crippen LogP contribution >= 0.6 is 0 Å². The van der Waals surface area contributed by atoms with Crippen LogP contribution in [-0.2, 0) is 0 Å². The number of rotatable bonds is 2. The predicted octanol–water partition coefficient (Wildman–Crippen LogP) is 0.527. The van der Waals surface area contributed by atoms with E-state index in [2.05, 4.69) is 15.0 Å². The quantitative estimate of drug-likeness (QED) is 0.308. The molecule has 6 nitrogen and oxygen atoms in total. The second-order valence-corrected chi connectivity index (χ2v) is 4.91. The number of pyridine rings is 1. The van der Waals surface area contributed by atoms with E-state index >= 15 is 0 Å². The Balaban J connectivity index is 2.14. The zero-order valence-electron chi connectivity index (χ0n) is 10.4. The van der Waals surface area contributed by atoms with Crippen LogP contribution in [-0.4, -0.2) is 39.8 Å². The van der Waals surface area contributed by atoms with E-state index in [1.165, 1.54) is 0 Å². The molecule has 1 aromatic heterocycles. The van der Waals surface area contributed by atoms with E-state index in [1.54, 1.807) is 12.3 Å². The molecule has 1 aromatic rings. The second kappa shape index (κ2) is 4.81. The summed E-state index contributed by atoms with van der Waals surface area (Å²) in [5.41, 5.74) is 6.17. The van der Waals surface area contributed by atoms with E-state index in [4.69, 9.17) is 10.9 Å². The minimum atomic E-state index is -0.650. The number of hydrogen-bond acceptors (Lipinski definition) is 5. The molecule has 1 fully saturated rings. The summed E-state index contributed by atoms with van der Waals surface area (Å²) in [5, 5.41) is 21.5. The number of nitrogens with zero attached hydrogens (tertiary/aromatic N) is 3. The molecule has 0 bridgehead atoms. The average molecular weight is 250 g/mol. The molecule has 0 radical (unpaired) electrons. The number of piperidine rings is 1. The second-order valence-electron chi connectivity index (χ2n) is 4.91. The first-order valence-corrected chi connectivity index (χ1v) is 5.93. The number of aromatic nitrogens is 1. The van der Waals surface area contributed by atoms with Crippen molar-refractivity contribution in [1.29, 1.82) is 0 Å². The Kier molecular flexibility index (Phi) is 3.38. The van der Waals surface area contributed by atoms with E-state index in [0.717, 1.165) is 25.1 Å². The van der Waals surface area contributed by atoms with Crippen LogP contribution in [0.25, 0.3) is 0 Å². The van der Waals surface area contributed by atoms with Crippen molar-refractivity contribution in [3.05, 3.63) is 24.0 Å². The van der Waals surface area contributed by atoms with Crippen molar-refractivity contribution in [3.8, 4) is 0 Å². The monoisotopic (exact) mass is 250 g/mol. The molecule has 98 valence electrons. The topological polar surface area (TPSA) is 95.0 Å². The number of β-amino-alcohol motifs (C(OH)–C–C–N with tert-alkyl or cyclic N) is 1. The number of oxime groups is 1. The van der Waals surface area contributed by atoms with Gasteiger partial charge in [0.2, 0.25) is 0 Å². The van der Waals surface area contributed by atoms with Gasteiger partial charge in [0.25, 0.3) is 0 Å². The van der Waals surface area contributed by atoms with Gasteiger partial charge < -0.3 is 20.9 Å². The van der Waals surface area contributed by atoms with Crippen LogP contribution in [0, 0.1) is 0 Å². The van der Waals surface area contributed by atoms with Gasteiger partial charge >= 0.3 is 0 Å². The number of hydrogen-bond donors (Lipinski definition) is 3. The maximum absolute atomic E-state index is 10.1. The van der Waals surface area contributed by atoms with E-state index in [0.29, 0.717) is 12.2 Å². The lowest BCUT2D eigenvalue weighted by atomic mass is 9.95. The molecule has 0 spiro atoms. The van der Waals surface area contributed by atoms with Crippen molar-refractivity contribution >= 4 is 11.5 Å². The molecule has 0 amide bonds. The fourth-order valence-corrected chi connectivity index (χ4v) is 2.22. The predicted molar refractivity (Wildman–Crippen MR) is 68.8 cm³/mol. The van der Waals surface area contributed by atoms with Crippen LogP contribution in [0.3, 0.4) is 0 Å². The average Bonchev–Trinajstić information content (AvgIpc) is 2.37. The van der Waals surface area contributed by atoms with E-state index in [1.807, 2.05) is 13.0 Å². The van der Waals surface area contributed by atoms with Crippen LogP contribution in [0.1, 0.15) is 25.5 Å². The van der Waals surface area contributed by atoms with Crippen molar-refractivity contribution in [2.24, 2.45) is 10.9 Å². The van der Waals surface area contributed by atoms with Crippen LogP contribution < -0.4 is 10.6 Å². The molecule has 1 unspecified atom stereocenters. The molecular weight excluding hydrogens is 232 g/mol. The minimum Gasteiger partial charge on any atom is -0.409 e. The van der Waals surface area contributed by atoms with Gasteiger partial charge in [0.1, 0.15) is 5.69 Å². The van der Waals surface area contributed by atoms with Crippen molar-refractivity contribution in [1.82, 2.24) is 4.98 Å². The highest BCUT2D eigenvalue weighted by molar-refractivity contribution is 5.95. The molecule has 6 heteroatoms. The van der Waals surface area contributed by atoms with E-state index in [9.17, 15) is 5.11 Å². The highest BCUT2D eigenvalue weighted by atomic mass is 16.4. The largest absolute Gasteiger partial charge is 0.409 e. The summed E-state index contributed by atoms with van der Waals surface area (Å²) >= 11 is 0. The first-order chi connectivity index (χ1) is 8.52. The van der Waals surface area contributed by atoms with Crippen LogP contribution in [0.15, 0.2) is 23.5 Å². The summed E-state index contributed by atoms with van der Waals surface area (Å²) in [5.74, 6) is -0.00723. The summed E-state index contributed by atoms with van der Waals surface area (Å²) in [6, 6.07) is 3.56. The number of anilines is 1. The highest BCUT2D eigenvalue weighted by Crippen LogP contribution is 2.25. The molecule has 4 N–H and O–H groups in total. The Labute approximate surface area is 106 Å². The van der Waals surface area contributed by atoms with Gasteiger partial charge in [-0.1, -0.05) is 5.16 Å². The Bertz CT molecular complexity index is 442. The zero-order valence-corrected chi connectivity index (χ0v) is 10.4. The van der Waals surface area contributed by atoms with Crippen molar-refractivity contribution in [2.75, 3.05) is 18.0 Å². The summed E-state index contributed by atoms with van der Waals surface area (Å²) in [7, 11) is 0. The maximum atomic E-state index is 10.1. The zero-order chi connectivity index (χ0) is 13.2. The van der Waals surface area contributed by atoms with Crippen LogP contribution in [0.5, 0.6) is 0 Å². The minimum absolute atomic E-state index is 0.00723.